The first kappa shape index (κ1) is 28.5. The molecule has 12 heteroatoms. The predicted octanol–water partition coefficient (Wildman–Crippen LogP) is 6.34. The van der Waals surface area contributed by atoms with Gasteiger partial charge in [-0.2, -0.15) is 0 Å². The summed E-state index contributed by atoms with van der Waals surface area (Å²) in [6, 6.07) is 16.4. The Bertz CT molecular complexity index is 1710. The van der Waals surface area contributed by atoms with Gasteiger partial charge >= 0.3 is 11.9 Å². The number of esters is 1. The molecule has 0 spiro atoms. The van der Waals surface area contributed by atoms with E-state index in [1.807, 2.05) is 18.2 Å². The fourth-order valence-electron chi connectivity index (χ4n) is 4.27. The molecule has 1 amide bonds. The molecule has 8 nitrogen and oxygen atoms in total. The van der Waals surface area contributed by atoms with Crippen molar-refractivity contribution in [3.05, 3.63) is 111 Å². The number of methoxy groups -OCH3 is 1. The summed E-state index contributed by atoms with van der Waals surface area (Å²) in [4.78, 5) is 39.9. The Kier molecular flexibility index (Phi) is 8.20. The van der Waals surface area contributed by atoms with Crippen LogP contribution in [0, 0.1) is 12.7 Å². The van der Waals surface area contributed by atoms with Crippen LogP contribution in [0.2, 0.25) is 5.02 Å². The number of ketones is 1. The van der Waals surface area contributed by atoms with Crippen molar-refractivity contribution < 1.29 is 28.6 Å². The molecule has 0 unspecified atom stereocenters. The molecule has 5 rings (SSSR count). The van der Waals surface area contributed by atoms with Crippen LogP contribution in [-0.4, -0.2) is 40.1 Å². The second-order valence-corrected chi connectivity index (χ2v) is 11.6. The predicted molar refractivity (Wildman–Crippen MR) is 155 cm³/mol. The van der Waals surface area contributed by atoms with E-state index in [2.05, 4.69) is 10.2 Å². The lowest BCUT2D eigenvalue weighted by molar-refractivity contribution is -0.132. The third-order valence-electron chi connectivity index (χ3n) is 6.45. The number of hydrogen-bond acceptors (Lipinski definition) is 9. The first-order valence-corrected chi connectivity index (χ1v) is 14.3. The van der Waals surface area contributed by atoms with E-state index in [-0.39, 0.29) is 21.8 Å². The number of aryl methyl sites for hydroxylation is 1. The molecule has 208 valence electrons. The molecule has 41 heavy (non-hydrogen) atoms. The maximum atomic E-state index is 14.4. The quantitative estimate of drug-likeness (QED) is 0.0645. The number of amides is 1. The Morgan fingerprint density at radius 2 is 1.80 bits per heavy atom. The van der Waals surface area contributed by atoms with Crippen molar-refractivity contribution in [1.29, 1.82) is 0 Å². The molecule has 0 aliphatic carbocycles. The van der Waals surface area contributed by atoms with Gasteiger partial charge in [-0.25, -0.2) is 9.18 Å². The zero-order valence-corrected chi connectivity index (χ0v) is 24.0. The van der Waals surface area contributed by atoms with E-state index in [9.17, 15) is 23.9 Å². The van der Waals surface area contributed by atoms with Crippen molar-refractivity contribution in [1.82, 2.24) is 10.2 Å². The molecule has 1 fully saturated rings. The summed E-state index contributed by atoms with van der Waals surface area (Å²) in [5, 5.41) is 20.3. The number of rotatable bonds is 7. The number of carbonyl (C=O) groups is 3. The van der Waals surface area contributed by atoms with E-state index in [4.69, 9.17) is 16.3 Å². The number of Topliss-reactive ketones (excluding diaryl/α,β-unsaturated/α-hetero) is 1. The molecular formula is C29H21ClFN3O5S2. The molecule has 1 aromatic heterocycles. The van der Waals surface area contributed by atoms with E-state index in [0.29, 0.717) is 26.2 Å². The third kappa shape index (κ3) is 5.61. The molecule has 0 saturated carbocycles. The Morgan fingerprint density at radius 1 is 1.10 bits per heavy atom. The molecule has 1 aliphatic rings. The molecular weight excluding hydrogens is 589 g/mol. The van der Waals surface area contributed by atoms with E-state index >= 15 is 0 Å². The lowest BCUT2D eigenvalue weighted by Gasteiger charge is -2.22. The van der Waals surface area contributed by atoms with Gasteiger partial charge in [-0.05, 0) is 47.9 Å². The highest BCUT2D eigenvalue weighted by Gasteiger charge is 2.48. The van der Waals surface area contributed by atoms with Gasteiger partial charge < -0.3 is 9.84 Å². The monoisotopic (exact) mass is 609 g/mol. The largest absolute Gasteiger partial charge is 0.507 e. The van der Waals surface area contributed by atoms with Crippen LogP contribution in [0.5, 0.6) is 0 Å². The minimum Gasteiger partial charge on any atom is -0.507 e. The fraction of sp³-hybridized carbons (Fsp3) is 0.138. The highest BCUT2D eigenvalue weighted by atomic mass is 35.5. The first-order valence-electron chi connectivity index (χ1n) is 12.1. The normalized spacial score (nSPS) is 16.3. The van der Waals surface area contributed by atoms with Crippen molar-refractivity contribution in [3.63, 3.8) is 0 Å². The standard InChI is InChI=1S/C29H21ClFN3O5S2/c1-15-7-8-18(13-21(15)31)24(35)22-23(16-9-11-17(12-10-16)27(38)39-2)34(26(37)25(22)36)28-32-33-29(41-28)40-14-19-5-3-4-6-20(19)30/h3-13,23,35H,14H2,1-2H3/t23-/m1/s1. The van der Waals surface area contributed by atoms with Crippen molar-refractivity contribution in [3.8, 4) is 0 Å². The topological polar surface area (TPSA) is 110 Å². The summed E-state index contributed by atoms with van der Waals surface area (Å²) in [5.41, 5.74) is 1.70. The second kappa shape index (κ2) is 11.8. The van der Waals surface area contributed by atoms with Crippen LogP contribution in [0.1, 0.15) is 38.7 Å². The second-order valence-electron chi connectivity index (χ2n) is 8.98. The van der Waals surface area contributed by atoms with E-state index < -0.39 is 35.3 Å². The smallest absolute Gasteiger partial charge is 0.337 e. The van der Waals surface area contributed by atoms with Gasteiger partial charge in [-0.1, -0.05) is 77.2 Å². The Labute approximate surface area is 247 Å². The number of benzene rings is 3. The summed E-state index contributed by atoms with van der Waals surface area (Å²) < 4.78 is 19.7. The number of hydrogen-bond donors (Lipinski definition) is 1. The third-order valence-corrected chi connectivity index (χ3v) is 8.92. The van der Waals surface area contributed by atoms with Crippen molar-refractivity contribution in [2.45, 2.75) is 23.1 Å². The summed E-state index contributed by atoms with van der Waals surface area (Å²) in [5.74, 6) is -3.07. The average molecular weight is 610 g/mol. The van der Waals surface area contributed by atoms with Crippen LogP contribution in [0.3, 0.4) is 0 Å². The van der Waals surface area contributed by atoms with E-state index in [1.165, 1.54) is 43.1 Å². The number of anilines is 1. The Hall–Kier alpha value is -4.06. The van der Waals surface area contributed by atoms with Gasteiger partial charge in [0.05, 0.1) is 24.3 Å². The van der Waals surface area contributed by atoms with Gasteiger partial charge in [0.15, 0.2) is 4.34 Å². The Morgan fingerprint density at radius 3 is 2.49 bits per heavy atom. The number of ether oxygens (including phenoxy) is 1. The lowest BCUT2D eigenvalue weighted by atomic mass is 9.94. The summed E-state index contributed by atoms with van der Waals surface area (Å²) in [7, 11) is 1.25. The minimum atomic E-state index is -1.12. The number of nitrogens with zero attached hydrogens (tertiary/aromatic N) is 3. The van der Waals surface area contributed by atoms with Crippen molar-refractivity contribution >= 4 is 63.3 Å². The molecule has 1 saturated heterocycles. The van der Waals surface area contributed by atoms with Gasteiger partial charge in [0.2, 0.25) is 5.13 Å². The summed E-state index contributed by atoms with van der Waals surface area (Å²) >= 11 is 8.72. The first-order chi connectivity index (χ1) is 19.7. The van der Waals surface area contributed by atoms with Gasteiger partial charge in [-0.3, -0.25) is 14.5 Å². The number of aliphatic hydroxyl groups is 1. The summed E-state index contributed by atoms with van der Waals surface area (Å²) in [6.45, 7) is 1.57. The van der Waals surface area contributed by atoms with Gasteiger partial charge in [0.1, 0.15) is 11.6 Å². The number of thioether (sulfide) groups is 1. The van der Waals surface area contributed by atoms with Crippen LogP contribution < -0.4 is 4.90 Å². The molecule has 2 heterocycles. The summed E-state index contributed by atoms with van der Waals surface area (Å²) in [6.07, 6.45) is 0. The zero-order chi connectivity index (χ0) is 29.3. The highest BCUT2D eigenvalue weighted by Crippen LogP contribution is 2.44. The molecule has 3 aromatic carbocycles. The van der Waals surface area contributed by atoms with Gasteiger partial charge in [0.25, 0.3) is 5.78 Å². The minimum absolute atomic E-state index is 0.0375. The maximum Gasteiger partial charge on any atom is 0.337 e. The number of carbonyl (C=O) groups excluding carboxylic acids is 3. The molecule has 1 atom stereocenters. The van der Waals surface area contributed by atoms with Crippen LogP contribution in [-0.2, 0) is 20.1 Å². The van der Waals surface area contributed by atoms with Crippen molar-refractivity contribution in [2.24, 2.45) is 0 Å². The fourth-order valence-corrected chi connectivity index (χ4v) is 6.43. The van der Waals surface area contributed by atoms with E-state index in [1.54, 1.807) is 25.1 Å². The molecule has 0 bridgehead atoms. The maximum absolute atomic E-state index is 14.4. The SMILES string of the molecule is COC(=O)c1ccc([C@@H]2C(=C(O)c3ccc(C)c(F)c3)C(=O)C(=O)N2c2nnc(SCc3ccccc3Cl)s2)cc1. The molecule has 4 aromatic rings. The van der Waals surface area contributed by atoms with Crippen molar-refractivity contribution in [2.75, 3.05) is 12.0 Å². The number of aromatic nitrogens is 2. The highest BCUT2D eigenvalue weighted by molar-refractivity contribution is 8.00. The van der Waals surface area contributed by atoms with Gasteiger partial charge in [0, 0.05) is 16.3 Å². The number of halogens is 2. The number of aliphatic hydroxyl groups excluding tert-OH is 1. The van der Waals surface area contributed by atoms with Crippen LogP contribution in [0.15, 0.2) is 76.6 Å². The van der Waals surface area contributed by atoms with Crippen LogP contribution in [0.25, 0.3) is 5.76 Å². The van der Waals surface area contributed by atoms with Gasteiger partial charge in [-0.15, -0.1) is 10.2 Å². The Balaban J connectivity index is 1.57. The van der Waals surface area contributed by atoms with Crippen LogP contribution in [0.4, 0.5) is 9.52 Å². The van der Waals surface area contributed by atoms with Crippen LogP contribution >= 0.6 is 34.7 Å². The zero-order valence-electron chi connectivity index (χ0n) is 21.6. The molecule has 1 aliphatic heterocycles. The molecule has 0 radical (unpaired) electrons. The van der Waals surface area contributed by atoms with E-state index in [0.717, 1.165) is 27.9 Å². The molecule has 1 N–H and O–H groups in total. The lowest BCUT2D eigenvalue weighted by Crippen LogP contribution is -2.29. The average Bonchev–Trinajstić information content (AvgIpc) is 3.55.